The first-order chi connectivity index (χ1) is 5.79. The Hall–Kier alpha value is -0.590. The van der Waals surface area contributed by atoms with Gasteiger partial charge >= 0.3 is 0 Å². The fourth-order valence-electron chi connectivity index (χ4n) is 2.46. The van der Waals surface area contributed by atoms with Crippen LogP contribution in [0.1, 0.15) is 39.0 Å². The molecular formula is C11H16O. The normalized spacial score (nSPS) is 35.8. The predicted octanol–water partition coefficient (Wildman–Crippen LogP) is 2.71. The molecule has 0 N–H and O–H groups in total. The minimum absolute atomic E-state index is 0.297. The first kappa shape index (κ1) is 8.03. The molecule has 0 aliphatic heterocycles. The quantitative estimate of drug-likeness (QED) is 0.503. The van der Waals surface area contributed by atoms with Gasteiger partial charge in [-0.2, -0.15) is 0 Å². The van der Waals surface area contributed by atoms with E-state index < -0.39 is 0 Å². The maximum atomic E-state index is 11.8. The van der Waals surface area contributed by atoms with Gasteiger partial charge in [0.15, 0.2) is 0 Å². The molecule has 0 heterocycles. The average Bonchev–Trinajstić information content (AvgIpc) is 2.16. The second-order valence-corrected chi connectivity index (χ2v) is 4.12. The van der Waals surface area contributed by atoms with Gasteiger partial charge in [-0.1, -0.05) is 24.5 Å². The van der Waals surface area contributed by atoms with E-state index in [2.05, 4.69) is 13.0 Å². The van der Waals surface area contributed by atoms with Crippen molar-refractivity contribution < 1.29 is 4.79 Å². The lowest BCUT2D eigenvalue weighted by atomic mass is 9.80. The molecule has 0 radical (unpaired) electrons. The van der Waals surface area contributed by atoms with E-state index in [9.17, 15) is 4.79 Å². The van der Waals surface area contributed by atoms with Gasteiger partial charge in [0.25, 0.3) is 0 Å². The largest absolute Gasteiger partial charge is 0.299 e. The summed E-state index contributed by atoms with van der Waals surface area (Å²) in [6.45, 7) is 2.12. The molecule has 2 bridgehead atoms. The number of hydrogen-bond donors (Lipinski definition) is 0. The Morgan fingerprint density at radius 2 is 2.08 bits per heavy atom. The second-order valence-electron chi connectivity index (χ2n) is 4.12. The van der Waals surface area contributed by atoms with Crippen LogP contribution in [0, 0.1) is 11.8 Å². The molecule has 2 aliphatic rings. The van der Waals surface area contributed by atoms with Crippen molar-refractivity contribution in [3.05, 3.63) is 11.6 Å². The lowest BCUT2D eigenvalue weighted by molar-refractivity contribution is -0.125. The molecule has 0 aromatic carbocycles. The summed E-state index contributed by atoms with van der Waals surface area (Å²) in [5.74, 6) is 1.21. The van der Waals surface area contributed by atoms with Crippen molar-refractivity contribution in [1.29, 1.82) is 0 Å². The summed E-state index contributed by atoms with van der Waals surface area (Å²) < 4.78 is 0. The van der Waals surface area contributed by atoms with Gasteiger partial charge in [0.2, 0.25) is 0 Å². The van der Waals surface area contributed by atoms with Gasteiger partial charge in [-0.05, 0) is 26.2 Å². The van der Waals surface area contributed by atoms with Gasteiger partial charge in [-0.25, -0.2) is 0 Å². The maximum Gasteiger partial charge on any atom is 0.143 e. The molecule has 12 heavy (non-hydrogen) atoms. The van der Waals surface area contributed by atoms with E-state index in [4.69, 9.17) is 0 Å². The molecule has 1 heteroatoms. The molecule has 2 atom stereocenters. The number of carbonyl (C=O) groups is 1. The highest BCUT2D eigenvalue weighted by Gasteiger charge is 2.32. The SMILES string of the molecule is CC1=CCC2CCCCC1C2=O. The van der Waals surface area contributed by atoms with Crippen molar-refractivity contribution in [3.8, 4) is 0 Å². The first-order valence-electron chi connectivity index (χ1n) is 4.99. The Morgan fingerprint density at radius 1 is 1.33 bits per heavy atom. The van der Waals surface area contributed by atoms with Crippen LogP contribution in [0.3, 0.4) is 0 Å². The highest BCUT2D eigenvalue weighted by Crippen LogP contribution is 2.35. The molecule has 0 spiro atoms. The third-order valence-corrected chi connectivity index (χ3v) is 3.32. The van der Waals surface area contributed by atoms with Gasteiger partial charge in [0.1, 0.15) is 5.78 Å². The first-order valence-corrected chi connectivity index (χ1v) is 4.99. The highest BCUT2D eigenvalue weighted by molar-refractivity contribution is 5.87. The van der Waals surface area contributed by atoms with Gasteiger partial charge in [0, 0.05) is 11.8 Å². The molecule has 2 unspecified atom stereocenters. The third-order valence-electron chi connectivity index (χ3n) is 3.32. The Kier molecular flexibility index (Phi) is 2.03. The van der Waals surface area contributed by atoms with E-state index in [1.54, 1.807) is 0 Å². The number of ketones is 1. The molecule has 1 fully saturated rings. The number of allylic oxidation sites excluding steroid dienone is 2. The zero-order valence-corrected chi connectivity index (χ0v) is 7.68. The number of rotatable bonds is 0. The van der Waals surface area contributed by atoms with Gasteiger partial charge in [0.05, 0.1) is 0 Å². The summed E-state index contributed by atoms with van der Waals surface area (Å²) in [5.41, 5.74) is 1.33. The maximum absolute atomic E-state index is 11.8. The average molecular weight is 164 g/mol. The van der Waals surface area contributed by atoms with Crippen LogP contribution >= 0.6 is 0 Å². The van der Waals surface area contributed by atoms with Crippen LogP contribution in [0.25, 0.3) is 0 Å². The lowest BCUT2D eigenvalue weighted by Crippen LogP contribution is -2.25. The molecule has 0 aromatic rings. The van der Waals surface area contributed by atoms with Crippen LogP contribution < -0.4 is 0 Å². The fourth-order valence-corrected chi connectivity index (χ4v) is 2.46. The smallest absolute Gasteiger partial charge is 0.143 e. The molecule has 0 amide bonds. The van der Waals surface area contributed by atoms with Crippen molar-refractivity contribution in [2.24, 2.45) is 11.8 Å². The van der Waals surface area contributed by atoms with E-state index in [0.29, 0.717) is 17.6 Å². The summed E-state index contributed by atoms with van der Waals surface area (Å²) in [6, 6.07) is 0. The van der Waals surface area contributed by atoms with Gasteiger partial charge in [-0.3, -0.25) is 4.79 Å². The summed E-state index contributed by atoms with van der Waals surface area (Å²) in [6.07, 6.45) is 8.05. The van der Waals surface area contributed by atoms with Crippen LogP contribution in [-0.2, 0) is 4.79 Å². The van der Waals surface area contributed by atoms with E-state index >= 15 is 0 Å². The molecule has 66 valence electrons. The Morgan fingerprint density at radius 3 is 2.92 bits per heavy atom. The van der Waals surface area contributed by atoms with Gasteiger partial charge < -0.3 is 0 Å². The van der Waals surface area contributed by atoms with Crippen LogP contribution in [0.5, 0.6) is 0 Å². The number of fused-ring (bicyclic) bond motifs is 2. The number of Topliss-reactive ketones (excluding diaryl/α,β-unsaturated/α-hetero) is 1. The minimum Gasteiger partial charge on any atom is -0.299 e. The van der Waals surface area contributed by atoms with Crippen molar-refractivity contribution in [2.45, 2.75) is 39.0 Å². The zero-order valence-electron chi connectivity index (χ0n) is 7.68. The van der Waals surface area contributed by atoms with Crippen molar-refractivity contribution in [1.82, 2.24) is 0 Å². The standard InChI is InChI=1S/C11H16O/c1-8-6-7-9-4-2-3-5-10(8)11(9)12/h6,9-10H,2-5,7H2,1H3. The van der Waals surface area contributed by atoms with Crippen LogP contribution in [0.4, 0.5) is 0 Å². The molecule has 1 nitrogen and oxygen atoms in total. The van der Waals surface area contributed by atoms with Crippen LogP contribution in [0.15, 0.2) is 11.6 Å². The van der Waals surface area contributed by atoms with Crippen molar-refractivity contribution >= 4 is 5.78 Å². The second kappa shape index (κ2) is 3.04. The Labute approximate surface area is 73.8 Å². The number of hydrogen-bond acceptors (Lipinski definition) is 1. The van der Waals surface area contributed by atoms with E-state index in [1.807, 2.05) is 0 Å². The Balaban J connectivity index is 2.27. The molecule has 2 rings (SSSR count). The number of carbonyl (C=O) groups excluding carboxylic acids is 1. The molecule has 1 saturated carbocycles. The Bertz CT molecular complexity index is 227. The molecule has 2 aliphatic carbocycles. The van der Waals surface area contributed by atoms with Crippen LogP contribution in [0.2, 0.25) is 0 Å². The monoisotopic (exact) mass is 164 g/mol. The fraction of sp³-hybridized carbons (Fsp3) is 0.727. The minimum atomic E-state index is 0.297. The van der Waals surface area contributed by atoms with E-state index in [-0.39, 0.29) is 0 Å². The summed E-state index contributed by atoms with van der Waals surface area (Å²) in [5, 5.41) is 0. The zero-order chi connectivity index (χ0) is 8.55. The highest BCUT2D eigenvalue weighted by atomic mass is 16.1. The molecule has 0 saturated heterocycles. The third kappa shape index (κ3) is 1.21. The van der Waals surface area contributed by atoms with E-state index in [1.165, 1.54) is 18.4 Å². The summed E-state index contributed by atoms with van der Waals surface area (Å²) >= 11 is 0. The summed E-state index contributed by atoms with van der Waals surface area (Å²) in [7, 11) is 0. The molecule has 0 aromatic heterocycles. The van der Waals surface area contributed by atoms with Gasteiger partial charge in [-0.15, -0.1) is 0 Å². The topological polar surface area (TPSA) is 17.1 Å². The van der Waals surface area contributed by atoms with Crippen molar-refractivity contribution in [3.63, 3.8) is 0 Å². The van der Waals surface area contributed by atoms with Crippen molar-refractivity contribution in [2.75, 3.05) is 0 Å². The summed E-state index contributed by atoms with van der Waals surface area (Å²) in [4.78, 5) is 11.8. The van der Waals surface area contributed by atoms with E-state index in [0.717, 1.165) is 19.3 Å². The predicted molar refractivity (Wildman–Crippen MR) is 48.8 cm³/mol. The van der Waals surface area contributed by atoms with Crippen LogP contribution in [-0.4, -0.2) is 5.78 Å². The molecular weight excluding hydrogens is 148 g/mol. The lowest BCUT2D eigenvalue weighted by Gasteiger charge is -2.23.